The first kappa shape index (κ1) is 12.2. The van der Waals surface area contributed by atoms with Crippen molar-refractivity contribution >= 4 is 29.2 Å². The number of nitro benzene ring substituents is 1. The van der Waals surface area contributed by atoms with E-state index in [1.807, 2.05) is 0 Å². The quantitative estimate of drug-likeness (QED) is 0.502. The number of hydroxylamine groups is 1. The summed E-state index contributed by atoms with van der Waals surface area (Å²) in [5.41, 5.74) is 0.311. The molecule has 0 saturated carbocycles. The Labute approximate surface area is 95.8 Å². The molecule has 0 saturated heterocycles. The van der Waals surface area contributed by atoms with E-state index in [2.05, 4.69) is 10.2 Å². The first-order valence-electron chi connectivity index (χ1n) is 4.10. The fourth-order valence-corrected chi connectivity index (χ4v) is 0.959. The van der Waals surface area contributed by atoms with Gasteiger partial charge in [0.05, 0.1) is 12.0 Å². The first-order valence-corrected chi connectivity index (χ1v) is 4.44. The van der Waals surface area contributed by atoms with Crippen molar-refractivity contribution in [3.63, 3.8) is 0 Å². The maximum absolute atomic E-state index is 11.2. The summed E-state index contributed by atoms with van der Waals surface area (Å²) in [6.07, 6.45) is 0. The van der Waals surface area contributed by atoms with Crippen LogP contribution in [0.25, 0.3) is 0 Å². The third kappa shape index (κ3) is 3.07. The summed E-state index contributed by atoms with van der Waals surface area (Å²) in [6.45, 7) is 0. The highest BCUT2D eigenvalue weighted by Crippen LogP contribution is 2.15. The van der Waals surface area contributed by atoms with Crippen LogP contribution >= 0.6 is 11.8 Å². The van der Waals surface area contributed by atoms with Gasteiger partial charge in [0.25, 0.3) is 5.69 Å². The summed E-state index contributed by atoms with van der Waals surface area (Å²) >= 11 is 5.34. The Morgan fingerprint density at radius 3 is 2.50 bits per heavy atom. The standard InChI is InChI=1S/C8H8ClN3O4/c1-16-11(9)8(13)10-6-2-4-7(5-3-6)12(14)15/h2-5H,1H3,(H,10,13). The van der Waals surface area contributed by atoms with E-state index < -0.39 is 11.0 Å². The van der Waals surface area contributed by atoms with Crippen molar-refractivity contribution in [2.24, 2.45) is 0 Å². The lowest BCUT2D eigenvalue weighted by Gasteiger charge is -2.10. The molecule has 0 radical (unpaired) electrons. The number of nitro groups is 1. The summed E-state index contributed by atoms with van der Waals surface area (Å²) in [6, 6.07) is 4.60. The molecule has 7 nitrogen and oxygen atoms in total. The molecule has 8 heteroatoms. The number of hydrogen-bond donors (Lipinski definition) is 1. The smallest absolute Gasteiger partial charge is 0.305 e. The van der Waals surface area contributed by atoms with Gasteiger partial charge in [-0.3, -0.25) is 15.0 Å². The summed E-state index contributed by atoms with van der Waals surface area (Å²) in [5, 5.41) is 12.7. The van der Waals surface area contributed by atoms with Crippen molar-refractivity contribution in [3.05, 3.63) is 34.4 Å². The number of amides is 2. The number of rotatable bonds is 3. The lowest BCUT2D eigenvalue weighted by atomic mass is 10.3. The number of benzene rings is 1. The van der Waals surface area contributed by atoms with Gasteiger partial charge in [-0.1, -0.05) is 0 Å². The van der Waals surface area contributed by atoms with Gasteiger partial charge < -0.3 is 5.32 Å². The van der Waals surface area contributed by atoms with Gasteiger partial charge in [0.1, 0.15) is 0 Å². The van der Waals surface area contributed by atoms with Crippen LogP contribution in [0, 0.1) is 10.1 Å². The topological polar surface area (TPSA) is 84.7 Å². The zero-order valence-corrected chi connectivity index (χ0v) is 8.97. The van der Waals surface area contributed by atoms with Crippen LogP contribution in [0.2, 0.25) is 0 Å². The minimum atomic E-state index is -0.696. The molecule has 0 heterocycles. The molecule has 0 aromatic heterocycles. The van der Waals surface area contributed by atoms with Crippen molar-refractivity contribution in [3.8, 4) is 0 Å². The van der Waals surface area contributed by atoms with E-state index in [1.165, 1.54) is 31.4 Å². The fourth-order valence-electron chi connectivity index (χ4n) is 0.917. The predicted octanol–water partition coefficient (Wildman–Crippen LogP) is 2.14. The van der Waals surface area contributed by atoms with Gasteiger partial charge in [0.15, 0.2) is 0 Å². The van der Waals surface area contributed by atoms with Gasteiger partial charge in [-0.25, -0.2) is 4.79 Å². The molecule has 0 fully saturated rings. The van der Waals surface area contributed by atoms with Gasteiger partial charge >= 0.3 is 6.03 Å². The molecule has 0 unspecified atom stereocenters. The first-order chi connectivity index (χ1) is 7.54. The number of hydrogen-bond acceptors (Lipinski definition) is 4. The second-order valence-corrected chi connectivity index (χ2v) is 2.97. The van der Waals surface area contributed by atoms with Crippen LogP contribution < -0.4 is 5.32 Å². The third-order valence-corrected chi connectivity index (χ3v) is 1.94. The van der Waals surface area contributed by atoms with Crippen molar-refractivity contribution in [2.75, 3.05) is 12.4 Å². The Balaban J connectivity index is 2.69. The van der Waals surface area contributed by atoms with Gasteiger partial charge in [-0.15, -0.1) is 4.58 Å². The lowest BCUT2D eigenvalue weighted by molar-refractivity contribution is -0.384. The van der Waals surface area contributed by atoms with E-state index in [9.17, 15) is 14.9 Å². The molecule has 1 N–H and O–H groups in total. The molecular weight excluding hydrogens is 238 g/mol. The monoisotopic (exact) mass is 245 g/mol. The van der Waals surface area contributed by atoms with Crippen LogP contribution in [0.15, 0.2) is 24.3 Å². The van der Waals surface area contributed by atoms with Gasteiger partial charge in [0, 0.05) is 29.6 Å². The number of halogens is 1. The average Bonchev–Trinajstić information content (AvgIpc) is 2.28. The molecule has 0 spiro atoms. The minimum absolute atomic E-state index is 0.0625. The Morgan fingerprint density at radius 1 is 1.50 bits per heavy atom. The SMILES string of the molecule is CON(Cl)C(=O)Nc1ccc([N+](=O)[O-])cc1. The normalized spacial score (nSPS) is 9.62. The maximum atomic E-state index is 11.2. The van der Waals surface area contributed by atoms with Gasteiger partial charge in [-0.05, 0) is 12.1 Å². The van der Waals surface area contributed by atoms with Crippen LogP contribution in [-0.2, 0) is 4.84 Å². The van der Waals surface area contributed by atoms with Gasteiger partial charge in [0.2, 0.25) is 0 Å². The van der Waals surface area contributed by atoms with Crippen LogP contribution in [0.1, 0.15) is 0 Å². The van der Waals surface area contributed by atoms with Gasteiger partial charge in [-0.2, -0.15) is 0 Å². The molecular formula is C8H8ClN3O4. The molecule has 86 valence electrons. The highest BCUT2D eigenvalue weighted by atomic mass is 35.5. The number of anilines is 1. The second-order valence-electron chi connectivity index (χ2n) is 2.66. The van der Waals surface area contributed by atoms with Crippen molar-refractivity contribution < 1.29 is 14.6 Å². The second kappa shape index (κ2) is 5.29. The van der Waals surface area contributed by atoms with Crippen LogP contribution in [-0.4, -0.2) is 22.6 Å². The number of nitrogens with one attached hydrogen (secondary N) is 1. The van der Waals surface area contributed by atoms with E-state index in [4.69, 9.17) is 11.8 Å². The van der Waals surface area contributed by atoms with Crippen LogP contribution in [0.5, 0.6) is 0 Å². The highest BCUT2D eigenvalue weighted by Gasteiger charge is 2.11. The Bertz CT molecular complexity index is 395. The van der Waals surface area contributed by atoms with E-state index >= 15 is 0 Å². The van der Waals surface area contributed by atoms with Crippen molar-refractivity contribution in [2.45, 2.75) is 0 Å². The largest absolute Gasteiger partial charge is 0.361 e. The van der Waals surface area contributed by atoms with E-state index in [0.717, 1.165) is 0 Å². The number of carbonyl (C=O) groups excluding carboxylic acids is 1. The molecule has 2 amide bonds. The van der Waals surface area contributed by atoms with E-state index in [0.29, 0.717) is 10.3 Å². The molecule has 0 atom stereocenters. The maximum Gasteiger partial charge on any atom is 0.361 e. The Morgan fingerprint density at radius 2 is 2.06 bits per heavy atom. The number of urea groups is 1. The zero-order chi connectivity index (χ0) is 12.1. The molecule has 1 aromatic carbocycles. The Kier molecular flexibility index (Phi) is 4.03. The summed E-state index contributed by atoms with van der Waals surface area (Å²) in [5.74, 6) is 0. The van der Waals surface area contributed by atoms with Crippen molar-refractivity contribution in [1.82, 2.24) is 4.58 Å². The average molecular weight is 246 g/mol. The Hall–Kier alpha value is -1.86. The van der Waals surface area contributed by atoms with E-state index in [-0.39, 0.29) is 5.69 Å². The molecule has 0 aliphatic heterocycles. The molecule has 0 aliphatic rings. The molecule has 1 aromatic rings. The molecule has 0 bridgehead atoms. The molecule has 16 heavy (non-hydrogen) atoms. The van der Waals surface area contributed by atoms with Crippen LogP contribution in [0.3, 0.4) is 0 Å². The van der Waals surface area contributed by atoms with E-state index in [1.54, 1.807) is 0 Å². The lowest BCUT2D eigenvalue weighted by Crippen LogP contribution is -2.25. The fraction of sp³-hybridized carbons (Fsp3) is 0.125. The number of carbonyl (C=O) groups is 1. The summed E-state index contributed by atoms with van der Waals surface area (Å²) in [7, 11) is 1.22. The molecule has 1 rings (SSSR count). The summed E-state index contributed by atoms with van der Waals surface area (Å²) in [4.78, 5) is 25.4. The van der Waals surface area contributed by atoms with Crippen LogP contribution in [0.4, 0.5) is 16.2 Å². The summed E-state index contributed by atoms with van der Waals surface area (Å²) < 4.78 is 0.474. The predicted molar refractivity (Wildman–Crippen MR) is 56.8 cm³/mol. The molecule has 0 aliphatic carbocycles. The number of non-ortho nitro benzene ring substituents is 1. The number of nitrogens with zero attached hydrogens (tertiary/aromatic N) is 2. The minimum Gasteiger partial charge on any atom is -0.305 e. The zero-order valence-electron chi connectivity index (χ0n) is 8.21. The third-order valence-electron chi connectivity index (χ3n) is 1.65. The van der Waals surface area contributed by atoms with Crippen molar-refractivity contribution in [1.29, 1.82) is 0 Å². The highest BCUT2D eigenvalue weighted by molar-refractivity contribution is 6.21.